The van der Waals surface area contributed by atoms with Gasteiger partial charge in [-0.05, 0) is 69.0 Å². The van der Waals surface area contributed by atoms with Crippen molar-refractivity contribution in [1.82, 2.24) is 9.88 Å². The monoisotopic (exact) mass is 388 g/mol. The number of halogens is 1. The molecule has 1 aliphatic rings. The molecule has 1 amide bonds. The number of pyridine rings is 1. The van der Waals surface area contributed by atoms with E-state index in [0.717, 1.165) is 28.3 Å². The summed E-state index contributed by atoms with van der Waals surface area (Å²) < 4.78 is 5.86. The summed E-state index contributed by atoms with van der Waals surface area (Å²) in [5.41, 5.74) is 2.20. The Morgan fingerprint density at radius 2 is 2.00 bits per heavy atom. The molecule has 2 aromatic rings. The number of ether oxygens (including phenoxy) is 1. The van der Waals surface area contributed by atoms with Crippen LogP contribution in [0.2, 0.25) is 5.02 Å². The second-order valence-corrected chi connectivity index (χ2v) is 7.78. The number of hydrogen-bond donors (Lipinski definition) is 1. The van der Waals surface area contributed by atoms with Crippen molar-refractivity contribution >= 4 is 17.5 Å². The van der Waals surface area contributed by atoms with Crippen molar-refractivity contribution in [1.29, 1.82) is 0 Å². The Balaban J connectivity index is 1.67. The normalized spacial score (nSPS) is 19.8. The zero-order valence-electron chi connectivity index (χ0n) is 16.0. The number of aromatic nitrogens is 1. The lowest BCUT2D eigenvalue weighted by molar-refractivity contribution is -0.0532. The van der Waals surface area contributed by atoms with Crippen molar-refractivity contribution in [2.45, 2.75) is 39.2 Å². The third-order valence-electron chi connectivity index (χ3n) is 4.92. The Morgan fingerprint density at radius 3 is 2.63 bits per heavy atom. The van der Waals surface area contributed by atoms with Gasteiger partial charge < -0.3 is 14.7 Å². The van der Waals surface area contributed by atoms with Crippen LogP contribution in [0.1, 0.15) is 40.0 Å². The van der Waals surface area contributed by atoms with Crippen molar-refractivity contribution < 1.29 is 14.6 Å². The number of β-amino-alcohol motifs (C(OH)–C–C–N with tert-alkyl or cyclic N) is 1. The molecule has 3 rings (SSSR count). The molecule has 0 aliphatic carbocycles. The van der Waals surface area contributed by atoms with Crippen LogP contribution in [-0.2, 0) is 0 Å². The van der Waals surface area contributed by atoms with Crippen molar-refractivity contribution in [3.63, 3.8) is 0 Å². The van der Waals surface area contributed by atoms with E-state index in [2.05, 4.69) is 4.98 Å². The van der Waals surface area contributed by atoms with Crippen LogP contribution < -0.4 is 4.74 Å². The van der Waals surface area contributed by atoms with Crippen LogP contribution in [0.5, 0.6) is 5.75 Å². The molecular formula is C21H25ClN2O3. The first-order chi connectivity index (χ1) is 12.8. The average molecular weight is 389 g/mol. The molecule has 1 aromatic carbocycles. The third kappa shape index (κ3) is 4.60. The Kier molecular flexibility index (Phi) is 5.72. The lowest BCUT2D eigenvalue weighted by Crippen LogP contribution is -2.53. The highest BCUT2D eigenvalue weighted by Gasteiger charge is 2.36. The number of aryl methyl sites for hydroxylation is 3. The van der Waals surface area contributed by atoms with Gasteiger partial charge in [0.1, 0.15) is 18.0 Å². The Labute approximate surface area is 164 Å². The maximum atomic E-state index is 12.7. The first kappa shape index (κ1) is 19.6. The van der Waals surface area contributed by atoms with Gasteiger partial charge in [-0.3, -0.25) is 9.78 Å². The standard InChI is InChI=1S/C21H25ClN2O3/c1-14-9-18(10-15(2)19(14)22)27-13-21(26)7-4-8-24(12-21)20(25)17-6-5-16(3)23-11-17/h5-6,9-11,26H,4,7-8,12-13H2,1-3H3. The fourth-order valence-corrected chi connectivity index (χ4v) is 3.50. The van der Waals surface area contributed by atoms with E-state index in [9.17, 15) is 9.90 Å². The predicted octanol–water partition coefficient (Wildman–Crippen LogP) is 3.71. The van der Waals surface area contributed by atoms with Gasteiger partial charge in [-0.2, -0.15) is 0 Å². The number of rotatable bonds is 4. The minimum Gasteiger partial charge on any atom is -0.491 e. The number of nitrogens with zero attached hydrogens (tertiary/aromatic N) is 2. The number of benzene rings is 1. The molecule has 27 heavy (non-hydrogen) atoms. The lowest BCUT2D eigenvalue weighted by Gasteiger charge is -2.39. The number of carbonyl (C=O) groups excluding carboxylic acids is 1. The second-order valence-electron chi connectivity index (χ2n) is 7.40. The molecule has 0 spiro atoms. The van der Waals surface area contributed by atoms with Crippen LogP contribution >= 0.6 is 11.6 Å². The largest absolute Gasteiger partial charge is 0.491 e. The minimum atomic E-state index is -1.08. The van der Waals surface area contributed by atoms with E-state index < -0.39 is 5.60 Å². The van der Waals surface area contributed by atoms with Gasteiger partial charge in [0.15, 0.2) is 0 Å². The zero-order valence-corrected chi connectivity index (χ0v) is 16.7. The number of likely N-dealkylation sites (tertiary alicyclic amines) is 1. The minimum absolute atomic E-state index is 0.112. The van der Waals surface area contributed by atoms with Crippen LogP contribution in [0.3, 0.4) is 0 Å². The number of hydrogen-bond acceptors (Lipinski definition) is 4. The zero-order chi connectivity index (χ0) is 19.6. The van der Waals surface area contributed by atoms with Gasteiger partial charge in [0.05, 0.1) is 12.1 Å². The molecule has 1 unspecified atom stereocenters. The van der Waals surface area contributed by atoms with Gasteiger partial charge >= 0.3 is 0 Å². The first-order valence-electron chi connectivity index (χ1n) is 9.11. The summed E-state index contributed by atoms with van der Waals surface area (Å²) in [7, 11) is 0. The summed E-state index contributed by atoms with van der Waals surface area (Å²) in [5, 5.41) is 11.7. The molecule has 2 heterocycles. The fraction of sp³-hybridized carbons (Fsp3) is 0.429. The van der Waals surface area contributed by atoms with Gasteiger partial charge in [0.25, 0.3) is 5.91 Å². The summed E-state index contributed by atoms with van der Waals surface area (Å²) in [6.07, 6.45) is 2.90. The van der Waals surface area contributed by atoms with E-state index in [0.29, 0.717) is 24.3 Å². The third-order valence-corrected chi connectivity index (χ3v) is 5.51. The summed E-state index contributed by atoms with van der Waals surface area (Å²) in [5.74, 6) is 0.563. The molecule has 0 radical (unpaired) electrons. The van der Waals surface area contributed by atoms with E-state index in [-0.39, 0.29) is 19.1 Å². The Morgan fingerprint density at radius 1 is 1.30 bits per heavy atom. The molecule has 1 aromatic heterocycles. The van der Waals surface area contributed by atoms with E-state index in [1.165, 1.54) is 0 Å². The maximum Gasteiger partial charge on any atom is 0.255 e. The molecule has 1 atom stereocenters. The Hall–Kier alpha value is -2.11. The highest BCUT2D eigenvalue weighted by molar-refractivity contribution is 6.32. The highest BCUT2D eigenvalue weighted by Crippen LogP contribution is 2.28. The molecule has 1 saturated heterocycles. The van der Waals surface area contributed by atoms with Crippen LogP contribution in [0.25, 0.3) is 0 Å². The van der Waals surface area contributed by atoms with Crippen molar-refractivity contribution in [2.75, 3.05) is 19.7 Å². The van der Waals surface area contributed by atoms with Crippen molar-refractivity contribution in [3.8, 4) is 5.75 Å². The fourth-order valence-electron chi connectivity index (χ4n) is 3.39. The molecular weight excluding hydrogens is 364 g/mol. The number of carbonyl (C=O) groups is 1. The molecule has 144 valence electrons. The van der Waals surface area contributed by atoms with Crippen LogP contribution in [0.15, 0.2) is 30.5 Å². The lowest BCUT2D eigenvalue weighted by atomic mass is 9.93. The summed E-state index contributed by atoms with van der Waals surface area (Å²) >= 11 is 6.19. The van der Waals surface area contributed by atoms with Crippen LogP contribution in [0.4, 0.5) is 0 Å². The van der Waals surface area contributed by atoms with Gasteiger partial charge in [-0.15, -0.1) is 0 Å². The van der Waals surface area contributed by atoms with Gasteiger partial charge in [0, 0.05) is 23.5 Å². The Bertz CT molecular complexity index is 815. The smallest absolute Gasteiger partial charge is 0.255 e. The summed E-state index contributed by atoms with van der Waals surface area (Å²) in [6.45, 7) is 6.72. The predicted molar refractivity (Wildman–Crippen MR) is 105 cm³/mol. The SMILES string of the molecule is Cc1ccc(C(=O)N2CCCC(O)(COc3cc(C)c(Cl)c(C)c3)C2)cn1. The molecule has 1 N–H and O–H groups in total. The topological polar surface area (TPSA) is 62.7 Å². The van der Waals surface area contributed by atoms with E-state index in [1.807, 2.05) is 39.0 Å². The number of aliphatic hydroxyl groups is 1. The number of amides is 1. The second kappa shape index (κ2) is 7.87. The average Bonchev–Trinajstić information content (AvgIpc) is 2.64. The van der Waals surface area contributed by atoms with Crippen molar-refractivity contribution in [2.24, 2.45) is 0 Å². The molecule has 0 bridgehead atoms. The van der Waals surface area contributed by atoms with Gasteiger partial charge in [0.2, 0.25) is 0 Å². The van der Waals surface area contributed by atoms with Gasteiger partial charge in [-0.25, -0.2) is 0 Å². The maximum absolute atomic E-state index is 12.7. The van der Waals surface area contributed by atoms with E-state index in [4.69, 9.17) is 16.3 Å². The molecule has 1 fully saturated rings. The first-order valence-corrected chi connectivity index (χ1v) is 9.49. The van der Waals surface area contributed by atoms with Crippen molar-refractivity contribution in [3.05, 3.63) is 57.9 Å². The molecule has 5 nitrogen and oxygen atoms in total. The highest BCUT2D eigenvalue weighted by atomic mass is 35.5. The van der Waals surface area contributed by atoms with E-state index in [1.54, 1.807) is 17.2 Å². The molecule has 6 heteroatoms. The van der Waals surface area contributed by atoms with Gasteiger partial charge in [-0.1, -0.05) is 11.6 Å². The number of piperidine rings is 1. The molecule has 0 saturated carbocycles. The van der Waals surface area contributed by atoms with E-state index >= 15 is 0 Å². The quantitative estimate of drug-likeness (QED) is 0.867. The van der Waals surface area contributed by atoms with Crippen LogP contribution in [0, 0.1) is 20.8 Å². The summed E-state index contributed by atoms with van der Waals surface area (Å²) in [4.78, 5) is 18.6. The summed E-state index contributed by atoms with van der Waals surface area (Å²) in [6, 6.07) is 7.32. The van der Waals surface area contributed by atoms with Crippen LogP contribution in [-0.4, -0.2) is 46.2 Å². The molecule has 1 aliphatic heterocycles.